The van der Waals surface area contributed by atoms with Gasteiger partial charge in [0.15, 0.2) is 0 Å². The van der Waals surface area contributed by atoms with Crippen LogP contribution in [0.3, 0.4) is 0 Å². The molecule has 0 saturated carbocycles. The van der Waals surface area contributed by atoms with Gasteiger partial charge in [-0.2, -0.15) is 0 Å². The lowest BCUT2D eigenvalue weighted by Crippen LogP contribution is -2.38. The third-order valence-electron chi connectivity index (χ3n) is 2.43. The lowest BCUT2D eigenvalue weighted by molar-refractivity contribution is 0.321. The Kier molecular flexibility index (Phi) is 7.97. The molecule has 0 fully saturated rings. The smallest absolute Gasteiger partial charge is 0.148 e. The molecule has 16 heavy (non-hydrogen) atoms. The lowest BCUT2D eigenvalue weighted by atomic mass is 10.3. The molecule has 0 amide bonds. The number of unbranched alkanes of at least 4 members (excludes halogenated alkanes) is 1. The first-order valence-corrected chi connectivity index (χ1v) is 8.01. The maximum Gasteiger partial charge on any atom is 0.148 e. The van der Waals surface area contributed by atoms with Crippen LogP contribution in [0.1, 0.15) is 26.7 Å². The molecule has 0 aliphatic heterocycles. The maximum absolute atomic E-state index is 11.0. The van der Waals surface area contributed by atoms with Crippen molar-refractivity contribution in [3.05, 3.63) is 0 Å². The van der Waals surface area contributed by atoms with Gasteiger partial charge in [0.05, 0.1) is 5.75 Å². The number of sulfone groups is 1. The Morgan fingerprint density at radius 1 is 1.31 bits per heavy atom. The molecule has 0 aromatic heterocycles. The third kappa shape index (κ3) is 10.4. The Morgan fingerprint density at radius 2 is 1.94 bits per heavy atom. The van der Waals surface area contributed by atoms with Gasteiger partial charge < -0.3 is 10.2 Å². The normalized spacial score (nSPS) is 14.3. The van der Waals surface area contributed by atoms with E-state index < -0.39 is 9.84 Å². The minimum absolute atomic E-state index is 0.0366. The van der Waals surface area contributed by atoms with Gasteiger partial charge in [-0.3, -0.25) is 0 Å². The zero-order chi connectivity index (χ0) is 12.6. The second-order valence-corrected chi connectivity index (χ2v) is 6.79. The topological polar surface area (TPSA) is 49.4 Å². The monoisotopic (exact) mass is 250 g/mol. The summed E-state index contributed by atoms with van der Waals surface area (Å²) in [6.45, 7) is 7.01. The second-order valence-electron chi connectivity index (χ2n) is 4.60. The lowest BCUT2D eigenvalue weighted by Gasteiger charge is -2.18. The van der Waals surface area contributed by atoms with Crippen molar-refractivity contribution in [1.29, 1.82) is 0 Å². The summed E-state index contributed by atoms with van der Waals surface area (Å²) in [6, 6.07) is 0.0366. The summed E-state index contributed by atoms with van der Waals surface area (Å²) >= 11 is 0. The fraction of sp³-hybridized carbons (Fsp3) is 1.00. The van der Waals surface area contributed by atoms with Crippen LogP contribution in [0.4, 0.5) is 0 Å². The Bertz CT molecular complexity index is 265. The summed E-state index contributed by atoms with van der Waals surface area (Å²) in [5.41, 5.74) is 0. The number of hydrogen-bond donors (Lipinski definition) is 1. The summed E-state index contributed by atoms with van der Waals surface area (Å²) < 4.78 is 22.1. The van der Waals surface area contributed by atoms with Crippen LogP contribution in [0.2, 0.25) is 0 Å². The number of hydrogen-bond acceptors (Lipinski definition) is 4. The van der Waals surface area contributed by atoms with Crippen LogP contribution < -0.4 is 5.32 Å². The molecule has 0 saturated heterocycles. The molecule has 0 aliphatic carbocycles. The highest BCUT2D eigenvalue weighted by atomic mass is 32.2. The van der Waals surface area contributed by atoms with E-state index in [0.29, 0.717) is 0 Å². The van der Waals surface area contributed by atoms with Crippen molar-refractivity contribution in [3.8, 4) is 0 Å². The van der Waals surface area contributed by atoms with Crippen molar-refractivity contribution in [1.82, 2.24) is 10.2 Å². The van der Waals surface area contributed by atoms with Gasteiger partial charge in [-0.05, 0) is 26.9 Å². The van der Waals surface area contributed by atoms with Gasteiger partial charge in [0.25, 0.3) is 0 Å². The predicted molar refractivity (Wildman–Crippen MR) is 69.6 cm³/mol. The predicted octanol–water partition coefficient (Wildman–Crippen LogP) is 0.741. The van der Waals surface area contributed by atoms with Gasteiger partial charge in [0, 0.05) is 25.4 Å². The van der Waals surface area contributed by atoms with Gasteiger partial charge in [-0.1, -0.05) is 13.3 Å². The quantitative estimate of drug-likeness (QED) is 0.656. The van der Waals surface area contributed by atoms with Crippen LogP contribution in [0.5, 0.6) is 0 Å². The minimum atomic E-state index is -2.86. The van der Waals surface area contributed by atoms with Crippen LogP contribution >= 0.6 is 0 Å². The summed E-state index contributed by atoms with van der Waals surface area (Å²) in [5.74, 6) is 0.214. The maximum atomic E-state index is 11.0. The van der Waals surface area contributed by atoms with Crippen LogP contribution in [-0.2, 0) is 9.84 Å². The molecule has 0 aliphatic rings. The standard InChI is InChI=1S/C11H26N2O2S/c1-5-6-8-13(3)9-7-12-11(2)10-16(4,14)15/h11-12H,5-10H2,1-4H3. The van der Waals surface area contributed by atoms with Crippen molar-refractivity contribution in [2.24, 2.45) is 0 Å². The first-order chi connectivity index (χ1) is 7.35. The first-order valence-electron chi connectivity index (χ1n) is 5.94. The molecule has 0 heterocycles. The number of rotatable bonds is 9. The van der Waals surface area contributed by atoms with Crippen LogP contribution in [0.25, 0.3) is 0 Å². The van der Waals surface area contributed by atoms with Crippen LogP contribution in [0.15, 0.2) is 0 Å². The van der Waals surface area contributed by atoms with Crippen molar-refractivity contribution >= 4 is 9.84 Å². The van der Waals surface area contributed by atoms with Gasteiger partial charge in [0.2, 0.25) is 0 Å². The van der Waals surface area contributed by atoms with E-state index in [4.69, 9.17) is 0 Å². The van der Waals surface area contributed by atoms with Gasteiger partial charge >= 0.3 is 0 Å². The van der Waals surface area contributed by atoms with E-state index in [-0.39, 0.29) is 11.8 Å². The molecule has 0 spiro atoms. The Balaban J connectivity index is 3.58. The van der Waals surface area contributed by atoms with E-state index in [1.54, 1.807) is 0 Å². The average molecular weight is 250 g/mol. The Morgan fingerprint density at radius 3 is 2.44 bits per heavy atom. The molecule has 1 unspecified atom stereocenters. The molecule has 1 N–H and O–H groups in total. The molecule has 5 heteroatoms. The Hall–Kier alpha value is -0.130. The second kappa shape index (κ2) is 8.03. The zero-order valence-corrected chi connectivity index (χ0v) is 11.8. The molecule has 0 radical (unpaired) electrons. The molecule has 0 aromatic rings. The van der Waals surface area contributed by atoms with Crippen molar-refractivity contribution in [2.45, 2.75) is 32.7 Å². The van der Waals surface area contributed by atoms with Crippen LogP contribution in [-0.4, -0.2) is 58.1 Å². The van der Waals surface area contributed by atoms with Gasteiger partial charge in [-0.25, -0.2) is 8.42 Å². The highest BCUT2D eigenvalue weighted by molar-refractivity contribution is 7.90. The van der Waals surface area contributed by atoms with Gasteiger partial charge in [-0.15, -0.1) is 0 Å². The zero-order valence-electron chi connectivity index (χ0n) is 11.0. The number of nitrogens with one attached hydrogen (secondary N) is 1. The molecule has 4 nitrogen and oxygen atoms in total. The molecule has 0 aromatic carbocycles. The van der Waals surface area contributed by atoms with Crippen molar-refractivity contribution in [2.75, 3.05) is 38.7 Å². The fourth-order valence-electron chi connectivity index (χ4n) is 1.55. The third-order valence-corrected chi connectivity index (χ3v) is 3.54. The highest BCUT2D eigenvalue weighted by Gasteiger charge is 2.09. The minimum Gasteiger partial charge on any atom is -0.312 e. The van der Waals surface area contributed by atoms with E-state index in [2.05, 4.69) is 24.2 Å². The summed E-state index contributed by atoms with van der Waals surface area (Å²) in [6.07, 6.45) is 3.70. The molecular weight excluding hydrogens is 224 g/mol. The SMILES string of the molecule is CCCCN(C)CCNC(C)CS(C)(=O)=O. The first kappa shape index (κ1) is 15.9. The Labute approximate surface area is 100 Å². The van der Waals surface area contributed by atoms with Gasteiger partial charge in [0.1, 0.15) is 9.84 Å². The summed E-state index contributed by atoms with van der Waals surface area (Å²) in [7, 11) is -0.769. The molecular formula is C11H26N2O2S. The van der Waals surface area contributed by atoms with Crippen molar-refractivity contribution < 1.29 is 8.42 Å². The van der Waals surface area contributed by atoms with E-state index in [1.807, 2.05) is 6.92 Å². The van der Waals surface area contributed by atoms with E-state index in [9.17, 15) is 8.42 Å². The van der Waals surface area contributed by atoms with E-state index in [1.165, 1.54) is 19.1 Å². The van der Waals surface area contributed by atoms with E-state index in [0.717, 1.165) is 19.6 Å². The van der Waals surface area contributed by atoms with Crippen molar-refractivity contribution in [3.63, 3.8) is 0 Å². The largest absolute Gasteiger partial charge is 0.312 e. The van der Waals surface area contributed by atoms with Crippen LogP contribution in [0, 0.1) is 0 Å². The number of likely N-dealkylation sites (N-methyl/N-ethyl adjacent to an activating group) is 1. The summed E-state index contributed by atoms with van der Waals surface area (Å²) in [4.78, 5) is 2.27. The highest BCUT2D eigenvalue weighted by Crippen LogP contribution is 1.92. The molecule has 98 valence electrons. The molecule has 1 atom stereocenters. The van der Waals surface area contributed by atoms with E-state index >= 15 is 0 Å². The molecule has 0 bridgehead atoms. The summed E-state index contributed by atoms with van der Waals surface area (Å²) in [5, 5.41) is 3.23. The number of nitrogens with zero attached hydrogens (tertiary/aromatic N) is 1. The molecule has 0 rings (SSSR count). The average Bonchev–Trinajstić information content (AvgIpc) is 2.11. The fourth-order valence-corrected chi connectivity index (χ4v) is 2.58.